The number of ether oxygens (including phenoxy) is 1. The second kappa shape index (κ2) is 11.2. The average molecular weight is 519 g/mol. The van der Waals surface area contributed by atoms with Gasteiger partial charge in [-0.25, -0.2) is 9.97 Å². The molecule has 0 saturated heterocycles. The van der Waals surface area contributed by atoms with E-state index in [9.17, 15) is 5.26 Å². The van der Waals surface area contributed by atoms with Crippen LogP contribution in [0.2, 0.25) is 10.0 Å². The van der Waals surface area contributed by atoms with Crippen LogP contribution in [0.25, 0.3) is 0 Å². The van der Waals surface area contributed by atoms with Crippen LogP contribution in [0.3, 0.4) is 0 Å². The molecule has 0 spiro atoms. The Balaban J connectivity index is 1.54. The summed E-state index contributed by atoms with van der Waals surface area (Å²) in [6.45, 7) is 2.46. The van der Waals surface area contributed by atoms with Gasteiger partial charge in [0.15, 0.2) is 11.6 Å². The molecule has 0 fully saturated rings. The zero-order valence-electron chi connectivity index (χ0n) is 19.7. The topological polar surface area (TPSA) is 109 Å². The van der Waals surface area contributed by atoms with Gasteiger partial charge >= 0.3 is 0 Å². The number of anilines is 4. The summed E-state index contributed by atoms with van der Waals surface area (Å²) in [6.07, 6.45) is 1.44. The number of hydrogen-bond acceptors (Lipinski definition) is 7. The number of rotatable bonds is 8. The fraction of sp³-hybridized carbons (Fsp3) is 0.148. The van der Waals surface area contributed by atoms with E-state index < -0.39 is 5.92 Å². The molecule has 1 unspecified atom stereocenters. The van der Waals surface area contributed by atoms with Crippen molar-refractivity contribution in [3.8, 4) is 11.8 Å². The summed E-state index contributed by atoms with van der Waals surface area (Å²) in [6, 6.07) is 20.9. The summed E-state index contributed by atoms with van der Waals surface area (Å²) in [7, 11) is 1.63. The molecule has 0 aliphatic rings. The van der Waals surface area contributed by atoms with Gasteiger partial charge in [-0.1, -0.05) is 53.5 Å². The predicted molar refractivity (Wildman–Crippen MR) is 145 cm³/mol. The smallest absolute Gasteiger partial charge is 0.159 e. The van der Waals surface area contributed by atoms with Gasteiger partial charge in [0, 0.05) is 22.3 Å². The maximum atomic E-state index is 9.84. The first-order chi connectivity index (χ1) is 17.4. The van der Waals surface area contributed by atoms with Crippen molar-refractivity contribution in [3.05, 3.63) is 99.3 Å². The maximum Gasteiger partial charge on any atom is 0.159 e. The number of nitrogen functional groups attached to an aromatic ring is 1. The number of nitrogens with two attached hydrogens (primary N) is 1. The largest absolute Gasteiger partial charge is 0.497 e. The molecular formula is C27H24Cl2N6O. The van der Waals surface area contributed by atoms with Gasteiger partial charge in [-0.2, -0.15) is 5.26 Å². The van der Waals surface area contributed by atoms with Gasteiger partial charge in [-0.15, -0.1) is 0 Å². The summed E-state index contributed by atoms with van der Waals surface area (Å²) < 4.78 is 5.20. The Labute approximate surface area is 219 Å². The van der Waals surface area contributed by atoms with Crippen molar-refractivity contribution < 1.29 is 4.74 Å². The summed E-state index contributed by atoms with van der Waals surface area (Å²) >= 11 is 12.6. The molecule has 7 nitrogen and oxygen atoms in total. The Morgan fingerprint density at radius 3 is 2.39 bits per heavy atom. The van der Waals surface area contributed by atoms with Crippen LogP contribution in [0.5, 0.6) is 5.75 Å². The van der Waals surface area contributed by atoms with E-state index in [1.807, 2.05) is 49.4 Å². The van der Waals surface area contributed by atoms with Crippen LogP contribution in [0, 0.1) is 18.3 Å². The summed E-state index contributed by atoms with van der Waals surface area (Å²) in [5, 5.41) is 17.4. The highest BCUT2D eigenvalue weighted by molar-refractivity contribution is 6.32. The molecule has 9 heteroatoms. The van der Waals surface area contributed by atoms with E-state index >= 15 is 0 Å². The molecule has 4 aromatic rings. The Kier molecular flexibility index (Phi) is 7.79. The van der Waals surface area contributed by atoms with Crippen LogP contribution in [-0.4, -0.2) is 17.1 Å². The number of halogens is 2. The Bertz CT molecular complexity index is 1400. The number of methoxy groups -OCH3 is 1. The van der Waals surface area contributed by atoms with E-state index in [1.54, 1.807) is 25.3 Å². The number of aryl methyl sites for hydroxylation is 1. The van der Waals surface area contributed by atoms with E-state index in [0.29, 0.717) is 39.5 Å². The van der Waals surface area contributed by atoms with Gasteiger partial charge in [0.25, 0.3) is 0 Å². The van der Waals surface area contributed by atoms with Gasteiger partial charge in [0.1, 0.15) is 17.8 Å². The van der Waals surface area contributed by atoms with Crippen LogP contribution < -0.4 is 21.1 Å². The molecule has 182 valence electrons. The first kappa shape index (κ1) is 25.1. The molecule has 0 amide bonds. The van der Waals surface area contributed by atoms with Crippen LogP contribution in [-0.2, 0) is 6.54 Å². The number of benzene rings is 3. The van der Waals surface area contributed by atoms with Crippen molar-refractivity contribution in [2.45, 2.75) is 19.4 Å². The van der Waals surface area contributed by atoms with Crippen molar-refractivity contribution in [2.75, 3.05) is 23.5 Å². The molecule has 0 bridgehead atoms. The number of aromatic nitrogens is 2. The van der Waals surface area contributed by atoms with Crippen molar-refractivity contribution in [2.24, 2.45) is 0 Å². The lowest BCUT2D eigenvalue weighted by Crippen LogP contribution is -2.09. The lowest BCUT2D eigenvalue weighted by molar-refractivity contribution is 0.414. The molecular weight excluding hydrogens is 495 g/mol. The molecule has 1 heterocycles. The monoisotopic (exact) mass is 518 g/mol. The van der Waals surface area contributed by atoms with Crippen molar-refractivity contribution in [1.29, 1.82) is 5.26 Å². The minimum absolute atomic E-state index is 0.377. The molecule has 3 aromatic carbocycles. The first-order valence-corrected chi connectivity index (χ1v) is 11.8. The normalized spacial score (nSPS) is 11.4. The molecule has 0 aliphatic heterocycles. The highest BCUT2D eigenvalue weighted by Crippen LogP contribution is 2.36. The highest BCUT2D eigenvalue weighted by Gasteiger charge is 2.19. The quantitative estimate of drug-likeness (QED) is 0.238. The summed E-state index contributed by atoms with van der Waals surface area (Å²) in [5.74, 6) is 1.22. The molecule has 1 aromatic heterocycles. The van der Waals surface area contributed by atoms with E-state index in [1.165, 1.54) is 6.33 Å². The van der Waals surface area contributed by atoms with Gasteiger partial charge < -0.3 is 21.1 Å². The SMILES string of the molecule is COc1ccc(CNc2ncnc(Nc3cc(Cl)c(C(C#N)c4ccc(Cl)cc4)cc3C)c2N)cc1. The van der Waals surface area contributed by atoms with Gasteiger partial charge in [0.2, 0.25) is 0 Å². The highest BCUT2D eigenvalue weighted by atomic mass is 35.5. The van der Waals surface area contributed by atoms with E-state index in [2.05, 4.69) is 26.7 Å². The third-order valence-electron chi connectivity index (χ3n) is 5.74. The first-order valence-electron chi connectivity index (χ1n) is 11.1. The van der Waals surface area contributed by atoms with E-state index in [4.69, 9.17) is 33.7 Å². The van der Waals surface area contributed by atoms with Gasteiger partial charge in [-0.3, -0.25) is 0 Å². The van der Waals surface area contributed by atoms with E-state index in [-0.39, 0.29) is 0 Å². The maximum absolute atomic E-state index is 9.84. The lowest BCUT2D eigenvalue weighted by Gasteiger charge is -2.17. The predicted octanol–water partition coefficient (Wildman–Crippen LogP) is 6.69. The molecule has 0 aliphatic carbocycles. The van der Waals surface area contributed by atoms with Crippen molar-refractivity contribution in [1.82, 2.24) is 9.97 Å². The summed E-state index contributed by atoms with van der Waals surface area (Å²) in [5.41, 5.74) is 10.9. The number of hydrogen-bond donors (Lipinski definition) is 3. The standard InChI is InChI=1S/C27H24Cl2N6O/c1-16-11-21(22(13-30)18-5-7-19(28)8-6-18)23(29)12-24(16)35-27-25(31)26(33-15-34-27)32-14-17-3-9-20(36-2)10-4-17/h3-12,15,22H,14,31H2,1-2H3,(H2,32,33,34,35). The average Bonchev–Trinajstić information content (AvgIpc) is 2.89. The molecule has 4 rings (SSSR count). The molecule has 4 N–H and O–H groups in total. The number of nitriles is 1. The van der Waals surface area contributed by atoms with Crippen LogP contribution in [0.1, 0.15) is 28.2 Å². The zero-order valence-corrected chi connectivity index (χ0v) is 21.2. The Morgan fingerprint density at radius 2 is 1.72 bits per heavy atom. The second-order valence-corrected chi connectivity index (χ2v) is 8.96. The fourth-order valence-electron chi connectivity index (χ4n) is 3.73. The minimum atomic E-state index is -0.527. The van der Waals surface area contributed by atoms with E-state index in [0.717, 1.165) is 28.1 Å². The van der Waals surface area contributed by atoms with Crippen LogP contribution in [0.4, 0.5) is 23.0 Å². The zero-order chi connectivity index (χ0) is 25.7. The van der Waals surface area contributed by atoms with Crippen molar-refractivity contribution in [3.63, 3.8) is 0 Å². The Morgan fingerprint density at radius 1 is 1.03 bits per heavy atom. The Hall–Kier alpha value is -3.99. The lowest BCUT2D eigenvalue weighted by atomic mass is 9.91. The molecule has 36 heavy (non-hydrogen) atoms. The number of nitrogens with one attached hydrogen (secondary N) is 2. The third-order valence-corrected chi connectivity index (χ3v) is 6.32. The van der Waals surface area contributed by atoms with Crippen LogP contribution in [0.15, 0.2) is 67.0 Å². The molecule has 0 saturated carbocycles. The second-order valence-electron chi connectivity index (χ2n) is 8.11. The van der Waals surface area contributed by atoms with Crippen molar-refractivity contribution >= 4 is 46.2 Å². The fourth-order valence-corrected chi connectivity index (χ4v) is 4.13. The summed E-state index contributed by atoms with van der Waals surface area (Å²) in [4.78, 5) is 8.57. The number of nitrogens with zero attached hydrogens (tertiary/aromatic N) is 3. The van der Waals surface area contributed by atoms with Gasteiger partial charge in [0.05, 0.1) is 19.1 Å². The third kappa shape index (κ3) is 5.62. The molecule has 0 radical (unpaired) electrons. The molecule has 1 atom stereocenters. The van der Waals surface area contributed by atoms with Crippen LogP contribution >= 0.6 is 23.2 Å². The van der Waals surface area contributed by atoms with Gasteiger partial charge in [-0.05, 0) is 59.5 Å². The minimum Gasteiger partial charge on any atom is -0.497 e.